The van der Waals surface area contributed by atoms with Gasteiger partial charge < -0.3 is 22.9 Å². The molecule has 0 unspecified atom stereocenters. The van der Waals surface area contributed by atoms with Gasteiger partial charge in [0.1, 0.15) is 11.2 Å². The van der Waals surface area contributed by atoms with E-state index in [1.165, 1.54) is 24.7 Å². The molecule has 0 fully saturated rings. The summed E-state index contributed by atoms with van der Waals surface area (Å²) in [6, 6.07) is 63.7. The Labute approximate surface area is 347 Å². The predicted octanol–water partition coefficient (Wildman–Crippen LogP) is 13.2. The molecule has 0 spiro atoms. The Morgan fingerprint density at radius 1 is 0.344 bits per heavy atom. The van der Waals surface area contributed by atoms with Crippen molar-refractivity contribution in [2.75, 3.05) is 4.90 Å². The topological polar surface area (TPSA) is 73.5 Å². The number of para-hydroxylation sites is 2. The van der Waals surface area contributed by atoms with Gasteiger partial charge in [0.05, 0.1) is 45.4 Å². The fraction of sp³-hybridized carbons (Fsp3) is 0. The van der Waals surface area contributed by atoms with Crippen molar-refractivity contribution >= 4 is 82.6 Å². The van der Waals surface area contributed by atoms with E-state index in [1.807, 2.05) is 54.6 Å². The average Bonchev–Trinajstić information content (AvgIpc) is 3.82. The van der Waals surface area contributed by atoms with Gasteiger partial charge in [0, 0.05) is 62.1 Å². The van der Waals surface area contributed by atoms with Crippen LogP contribution in [0, 0.1) is 0 Å². The molecule has 0 amide bonds. The highest BCUT2D eigenvalue weighted by molar-refractivity contribution is 6.13. The van der Waals surface area contributed by atoms with Gasteiger partial charge in [-0.3, -0.25) is 9.59 Å². The third-order valence-electron chi connectivity index (χ3n) is 11.9. The van der Waals surface area contributed by atoms with Crippen LogP contribution in [-0.2, 0) is 0 Å². The van der Waals surface area contributed by atoms with Crippen LogP contribution in [0.15, 0.2) is 219 Å². The second-order valence-electron chi connectivity index (χ2n) is 15.3. The third kappa shape index (κ3) is 5.52. The average molecular weight is 788 g/mol. The number of anilines is 3. The number of benzene rings is 8. The van der Waals surface area contributed by atoms with Crippen molar-refractivity contribution in [3.8, 4) is 22.5 Å². The second-order valence-corrected chi connectivity index (χ2v) is 15.3. The molecule has 8 aromatic carbocycles. The molecule has 12 rings (SSSR count). The molecule has 0 aliphatic rings. The lowest BCUT2D eigenvalue weighted by Crippen LogP contribution is -2.10. The fourth-order valence-electron chi connectivity index (χ4n) is 9.06. The first-order chi connectivity index (χ1) is 30.1. The number of hydrogen-bond donors (Lipinski definition) is 0. The first-order valence-electron chi connectivity index (χ1n) is 20.1. The molecular formula is C54H33N3O4. The highest BCUT2D eigenvalue weighted by atomic mass is 16.3. The van der Waals surface area contributed by atoms with Gasteiger partial charge in [-0.05, 0) is 108 Å². The standard InChI is InChI=1S/C54H33N3O4/c58-51-26-28-60-53-24-20-39(32-45(51)53)56-47-12-6-4-10-41(47)43-30-37(18-22-49(43)56)55(36-16-14-35(15-17-36)34-8-2-1-3-9-34)38-19-23-50-44(31-38)42-11-5-7-13-48(42)57(50)40-21-25-54-46(33-40)52(59)27-29-61-54/h1-33H. The van der Waals surface area contributed by atoms with E-state index in [0.717, 1.165) is 83.2 Å². The highest BCUT2D eigenvalue weighted by Crippen LogP contribution is 2.43. The summed E-state index contributed by atoms with van der Waals surface area (Å²) in [5, 5.41) is 5.44. The SMILES string of the molecule is O=c1ccoc2ccc(-n3c4ccccc4c4cc(N(c5ccc(-c6ccccc6)cc5)c5ccc6c(c5)c5ccccc5n6-c5ccc6occc(=O)c6c5)ccc43)cc12. The molecular weight excluding hydrogens is 755 g/mol. The van der Waals surface area contributed by atoms with Gasteiger partial charge in [0.15, 0.2) is 10.9 Å². The predicted molar refractivity (Wildman–Crippen MR) is 247 cm³/mol. The molecule has 0 atom stereocenters. The summed E-state index contributed by atoms with van der Waals surface area (Å²) in [6.45, 7) is 0. The van der Waals surface area contributed by atoms with Crippen LogP contribution < -0.4 is 15.8 Å². The van der Waals surface area contributed by atoms with Crippen LogP contribution in [-0.4, -0.2) is 9.13 Å². The van der Waals surface area contributed by atoms with E-state index >= 15 is 0 Å². The maximum Gasteiger partial charge on any atom is 0.192 e. The zero-order chi connectivity index (χ0) is 40.6. The summed E-state index contributed by atoms with van der Waals surface area (Å²) in [5.41, 5.74) is 12.1. The quantitative estimate of drug-likeness (QED) is 0.168. The Morgan fingerprint density at radius 3 is 1.31 bits per heavy atom. The summed E-state index contributed by atoms with van der Waals surface area (Å²) in [4.78, 5) is 28.1. The Bertz CT molecular complexity index is 3610. The number of hydrogen-bond acceptors (Lipinski definition) is 5. The van der Waals surface area contributed by atoms with Crippen LogP contribution in [0.2, 0.25) is 0 Å². The Hall–Kier alpha value is -8.42. The summed E-state index contributed by atoms with van der Waals surface area (Å²) >= 11 is 0. The molecule has 7 nitrogen and oxygen atoms in total. The molecule has 7 heteroatoms. The van der Waals surface area contributed by atoms with E-state index in [0.29, 0.717) is 21.9 Å². The zero-order valence-electron chi connectivity index (χ0n) is 32.5. The molecule has 0 radical (unpaired) electrons. The van der Waals surface area contributed by atoms with Gasteiger partial charge in [-0.15, -0.1) is 0 Å². The van der Waals surface area contributed by atoms with Gasteiger partial charge in [-0.1, -0.05) is 78.9 Å². The fourth-order valence-corrected chi connectivity index (χ4v) is 9.06. The van der Waals surface area contributed by atoms with E-state index in [4.69, 9.17) is 8.83 Å². The molecule has 288 valence electrons. The van der Waals surface area contributed by atoms with Crippen LogP contribution in [0.4, 0.5) is 17.1 Å². The van der Waals surface area contributed by atoms with Gasteiger partial charge in [-0.25, -0.2) is 0 Å². The normalized spacial score (nSPS) is 11.7. The highest BCUT2D eigenvalue weighted by Gasteiger charge is 2.21. The van der Waals surface area contributed by atoms with Crippen LogP contribution in [0.5, 0.6) is 0 Å². The number of rotatable bonds is 6. The minimum Gasteiger partial charge on any atom is -0.464 e. The molecule has 0 saturated heterocycles. The van der Waals surface area contributed by atoms with E-state index in [9.17, 15) is 9.59 Å². The maximum absolute atomic E-state index is 12.9. The number of nitrogens with zero attached hydrogens (tertiary/aromatic N) is 3. The molecule has 0 aliphatic carbocycles. The first kappa shape index (κ1) is 34.6. The van der Waals surface area contributed by atoms with E-state index in [2.05, 4.69) is 135 Å². The third-order valence-corrected chi connectivity index (χ3v) is 11.9. The summed E-state index contributed by atoms with van der Waals surface area (Å²) in [5.74, 6) is 0. The molecule has 0 aliphatic heterocycles. The van der Waals surface area contributed by atoms with Crippen LogP contribution in [0.3, 0.4) is 0 Å². The van der Waals surface area contributed by atoms with Gasteiger partial charge >= 0.3 is 0 Å². The first-order valence-corrected chi connectivity index (χ1v) is 20.1. The van der Waals surface area contributed by atoms with E-state index in [-0.39, 0.29) is 10.9 Å². The summed E-state index contributed by atoms with van der Waals surface area (Å²) in [6.07, 6.45) is 2.88. The minimum absolute atomic E-state index is 0.0787. The Kier molecular flexibility index (Phi) is 7.70. The van der Waals surface area contributed by atoms with Crippen molar-refractivity contribution in [2.45, 2.75) is 0 Å². The molecule has 0 saturated carbocycles. The van der Waals surface area contributed by atoms with Crippen molar-refractivity contribution in [1.82, 2.24) is 9.13 Å². The Balaban J connectivity index is 1.07. The maximum atomic E-state index is 12.9. The molecule has 12 aromatic rings. The van der Waals surface area contributed by atoms with Gasteiger partial charge in [0.2, 0.25) is 0 Å². The van der Waals surface area contributed by atoms with Crippen molar-refractivity contribution in [1.29, 1.82) is 0 Å². The second kappa shape index (κ2) is 13.6. The van der Waals surface area contributed by atoms with E-state index in [1.54, 1.807) is 0 Å². The zero-order valence-corrected chi connectivity index (χ0v) is 32.5. The summed E-state index contributed by atoms with van der Waals surface area (Å²) in [7, 11) is 0. The van der Waals surface area contributed by atoms with Crippen molar-refractivity contribution in [2.24, 2.45) is 0 Å². The van der Waals surface area contributed by atoms with Crippen LogP contribution in [0.1, 0.15) is 0 Å². The van der Waals surface area contributed by atoms with Crippen LogP contribution in [0.25, 0.3) is 88.1 Å². The van der Waals surface area contributed by atoms with Gasteiger partial charge in [0.25, 0.3) is 0 Å². The lowest BCUT2D eigenvalue weighted by molar-refractivity contribution is 0.602. The molecule has 0 bridgehead atoms. The van der Waals surface area contributed by atoms with Crippen LogP contribution >= 0.6 is 0 Å². The van der Waals surface area contributed by atoms with E-state index < -0.39 is 0 Å². The number of aromatic nitrogens is 2. The van der Waals surface area contributed by atoms with Crippen molar-refractivity contribution in [3.63, 3.8) is 0 Å². The lowest BCUT2D eigenvalue weighted by Gasteiger charge is -2.26. The van der Waals surface area contributed by atoms with Crippen molar-refractivity contribution in [3.05, 3.63) is 221 Å². The molecule has 4 heterocycles. The smallest absolute Gasteiger partial charge is 0.192 e. The minimum atomic E-state index is -0.0787. The number of fused-ring (bicyclic) bond motifs is 8. The van der Waals surface area contributed by atoms with Gasteiger partial charge in [-0.2, -0.15) is 0 Å². The van der Waals surface area contributed by atoms with Crippen molar-refractivity contribution < 1.29 is 8.83 Å². The Morgan fingerprint density at radius 2 is 0.787 bits per heavy atom. The lowest BCUT2D eigenvalue weighted by atomic mass is 10.0. The monoisotopic (exact) mass is 787 g/mol. The molecule has 4 aromatic heterocycles. The molecule has 0 N–H and O–H groups in total. The summed E-state index contributed by atoms with van der Waals surface area (Å²) < 4.78 is 15.8. The molecule has 61 heavy (non-hydrogen) atoms. The largest absolute Gasteiger partial charge is 0.464 e.